The molecular formula is C14H13F6NO3S. The van der Waals surface area contributed by atoms with E-state index in [9.17, 15) is 34.8 Å². The van der Waals surface area contributed by atoms with Crippen molar-refractivity contribution in [2.45, 2.75) is 36.8 Å². The van der Waals surface area contributed by atoms with Crippen LogP contribution in [0.15, 0.2) is 46.5 Å². The van der Waals surface area contributed by atoms with E-state index < -0.39 is 51.2 Å². The maximum absolute atomic E-state index is 12.9. The summed E-state index contributed by atoms with van der Waals surface area (Å²) in [4.78, 5) is -0.430. The third-order valence-corrected chi connectivity index (χ3v) is 5.25. The monoisotopic (exact) mass is 389 g/mol. The zero-order valence-electron chi connectivity index (χ0n) is 12.7. The van der Waals surface area contributed by atoms with Gasteiger partial charge in [-0.3, -0.25) is 0 Å². The molecule has 2 rings (SSSR count). The number of ether oxygens (including phenoxy) is 1. The standard InChI is InChI=1S/C14H13F6NO3S/c1-2-24-11-8-10(12(13(15,16)17)14(18,19)20)21(11)25(22,23)9-6-4-3-5-7-9/h3-7,11H,2,8H2,1H3. The van der Waals surface area contributed by atoms with E-state index >= 15 is 0 Å². The van der Waals surface area contributed by atoms with Gasteiger partial charge in [0.15, 0.2) is 5.57 Å². The molecule has 1 unspecified atom stereocenters. The van der Waals surface area contributed by atoms with Crippen molar-refractivity contribution >= 4 is 10.0 Å². The molecule has 0 aliphatic carbocycles. The zero-order chi connectivity index (χ0) is 19.0. The minimum Gasteiger partial charge on any atom is -0.357 e. The lowest BCUT2D eigenvalue weighted by Gasteiger charge is -2.44. The smallest absolute Gasteiger partial charge is 0.357 e. The first kappa shape index (κ1) is 19.6. The maximum atomic E-state index is 12.9. The molecule has 1 saturated heterocycles. The summed E-state index contributed by atoms with van der Waals surface area (Å²) in [7, 11) is -4.64. The lowest BCUT2D eigenvalue weighted by Crippen LogP contribution is -2.53. The second-order valence-corrected chi connectivity index (χ2v) is 6.86. The zero-order valence-corrected chi connectivity index (χ0v) is 13.5. The van der Waals surface area contributed by atoms with Gasteiger partial charge in [0.2, 0.25) is 0 Å². The van der Waals surface area contributed by atoms with Gasteiger partial charge in [-0.1, -0.05) is 18.2 Å². The third-order valence-electron chi connectivity index (χ3n) is 3.41. The summed E-state index contributed by atoms with van der Waals surface area (Å²) in [6.45, 7) is 1.37. The summed E-state index contributed by atoms with van der Waals surface area (Å²) >= 11 is 0. The van der Waals surface area contributed by atoms with Crippen molar-refractivity contribution in [2.75, 3.05) is 6.61 Å². The quantitative estimate of drug-likeness (QED) is 0.736. The van der Waals surface area contributed by atoms with Crippen LogP contribution < -0.4 is 0 Å². The van der Waals surface area contributed by atoms with E-state index in [1.54, 1.807) is 0 Å². The largest absolute Gasteiger partial charge is 0.423 e. The Labute approximate surface area is 139 Å². The normalized spacial score (nSPS) is 18.9. The van der Waals surface area contributed by atoms with Crippen molar-refractivity contribution < 1.29 is 39.5 Å². The first-order valence-electron chi connectivity index (χ1n) is 6.99. The van der Waals surface area contributed by atoms with Crippen molar-refractivity contribution in [2.24, 2.45) is 0 Å². The summed E-state index contributed by atoms with van der Waals surface area (Å²) < 4.78 is 108. The van der Waals surface area contributed by atoms with Gasteiger partial charge in [0.25, 0.3) is 10.0 Å². The predicted octanol–water partition coefficient (Wildman–Crippen LogP) is 3.82. The molecular weight excluding hydrogens is 376 g/mol. The predicted molar refractivity (Wildman–Crippen MR) is 74.6 cm³/mol. The molecule has 1 fully saturated rings. The second kappa shape index (κ2) is 6.52. The van der Waals surface area contributed by atoms with Gasteiger partial charge in [-0.2, -0.15) is 26.3 Å². The molecule has 0 radical (unpaired) electrons. The number of allylic oxidation sites excluding steroid dienone is 1. The summed E-state index contributed by atoms with van der Waals surface area (Å²) in [6.07, 6.45) is -13.7. The highest BCUT2D eigenvalue weighted by atomic mass is 32.2. The molecule has 1 heterocycles. The summed E-state index contributed by atoms with van der Waals surface area (Å²) in [6, 6.07) is 6.23. The molecule has 0 saturated carbocycles. The third kappa shape index (κ3) is 3.76. The minimum absolute atomic E-state index is 0.0577. The molecule has 0 amide bonds. The first-order chi connectivity index (χ1) is 11.4. The highest BCUT2D eigenvalue weighted by molar-refractivity contribution is 7.89. The molecule has 25 heavy (non-hydrogen) atoms. The summed E-state index contributed by atoms with van der Waals surface area (Å²) in [5.41, 5.74) is -4.21. The lowest BCUT2D eigenvalue weighted by molar-refractivity contribution is -0.178. The van der Waals surface area contributed by atoms with Crippen LogP contribution in [0.3, 0.4) is 0 Å². The Kier molecular flexibility index (Phi) is 5.11. The van der Waals surface area contributed by atoms with Gasteiger partial charge in [-0.25, -0.2) is 12.7 Å². The maximum Gasteiger partial charge on any atom is 0.423 e. The molecule has 11 heteroatoms. The van der Waals surface area contributed by atoms with Crippen molar-refractivity contribution in [3.63, 3.8) is 0 Å². The van der Waals surface area contributed by atoms with Crippen LogP contribution in [0, 0.1) is 0 Å². The van der Waals surface area contributed by atoms with Crippen LogP contribution in [0.4, 0.5) is 26.3 Å². The van der Waals surface area contributed by atoms with Crippen LogP contribution in [0.5, 0.6) is 0 Å². The average Bonchev–Trinajstić information content (AvgIpc) is 2.43. The van der Waals surface area contributed by atoms with E-state index in [4.69, 9.17) is 4.74 Å². The molecule has 140 valence electrons. The van der Waals surface area contributed by atoms with E-state index in [0.29, 0.717) is 0 Å². The molecule has 1 aromatic carbocycles. The molecule has 0 bridgehead atoms. The van der Waals surface area contributed by atoms with Crippen LogP contribution in [-0.4, -0.2) is 37.9 Å². The van der Waals surface area contributed by atoms with Crippen molar-refractivity contribution in [1.29, 1.82) is 0 Å². The number of halogens is 6. The lowest BCUT2D eigenvalue weighted by atomic mass is 10.0. The van der Waals surface area contributed by atoms with Crippen LogP contribution in [0.2, 0.25) is 0 Å². The summed E-state index contributed by atoms with van der Waals surface area (Å²) in [5.74, 6) is 0. The van der Waals surface area contributed by atoms with Crippen LogP contribution in [0.25, 0.3) is 0 Å². The number of nitrogens with zero attached hydrogens (tertiary/aromatic N) is 1. The van der Waals surface area contributed by atoms with Gasteiger partial charge in [0, 0.05) is 13.0 Å². The molecule has 1 atom stereocenters. The van der Waals surface area contributed by atoms with E-state index in [1.807, 2.05) is 0 Å². The molecule has 0 spiro atoms. The van der Waals surface area contributed by atoms with Gasteiger partial charge in [-0.15, -0.1) is 0 Å². The summed E-state index contributed by atoms with van der Waals surface area (Å²) in [5, 5.41) is 0. The second-order valence-electron chi connectivity index (χ2n) is 5.05. The number of hydrogen-bond donors (Lipinski definition) is 0. The highest BCUT2D eigenvalue weighted by Gasteiger charge is 2.58. The van der Waals surface area contributed by atoms with Crippen LogP contribution >= 0.6 is 0 Å². The molecule has 0 aromatic heterocycles. The number of hydrogen-bond acceptors (Lipinski definition) is 3. The number of sulfonamides is 1. The Balaban J connectivity index is 2.62. The fraction of sp³-hybridized carbons (Fsp3) is 0.429. The van der Waals surface area contributed by atoms with E-state index in [0.717, 1.165) is 12.1 Å². The highest BCUT2D eigenvalue weighted by Crippen LogP contribution is 2.48. The minimum atomic E-state index is -5.75. The van der Waals surface area contributed by atoms with Crippen molar-refractivity contribution in [1.82, 2.24) is 4.31 Å². The number of alkyl halides is 6. The Hall–Kier alpha value is -1.75. The molecule has 4 nitrogen and oxygen atoms in total. The Morgan fingerprint density at radius 1 is 1.12 bits per heavy atom. The average molecular weight is 389 g/mol. The number of benzene rings is 1. The fourth-order valence-corrected chi connectivity index (χ4v) is 4.05. The SMILES string of the molecule is CCOC1CC(=C(C(F)(F)F)C(F)(F)F)N1S(=O)(=O)c1ccccc1. The van der Waals surface area contributed by atoms with Crippen molar-refractivity contribution in [3.05, 3.63) is 41.6 Å². The van der Waals surface area contributed by atoms with Crippen LogP contribution in [-0.2, 0) is 14.8 Å². The van der Waals surface area contributed by atoms with Gasteiger partial charge in [0.05, 0.1) is 10.6 Å². The Morgan fingerprint density at radius 2 is 1.64 bits per heavy atom. The first-order valence-corrected chi connectivity index (χ1v) is 8.43. The van der Waals surface area contributed by atoms with Gasteiger partial charge < -0.3 is 4.74 Å². The van der Waals surface area contributed by atoms with E-state index in [-0.39, 0.29) is 10.9 Å². The topological polar surface area (TPSA) is 46.6 Å². The van der Waals surface area contributed by atoms with Crippen molar-refractivity contribution in [3.8, 4) is 0 Å². The molecule has 1 aromatic rings. The van der Waals surface area contributed by atoms with E-state index in [2.05, 4.69) is 0 Å². The van der Waals surface area contributed by atoms with E-state index in [1.165, 1.54) is 25.1 Å². The molecule has 0 N–H and O–H groups in total. The Bertz CT molecular complexity index is 739. The molecule has 1 aliphatic rings. The van der Waals surface area contributed by atoms with Gasteiger partial charge >= 0.3 is 12.4 Å². The Morgan fingerprint density at radius 3 is 2.08 bits per heavy atom. The fourth-order valence-electron chi connectivity index (χ4n) is 2.42. The van der Waals surface area contributed by atoms with Gasteiger partial charge in [0.1, 0.15) is 6.23 Å². The van der Waals surface area contributed by atoms with Crippen LogP contribution in [0.1, 0.15) is 13.3 Å². The molecule has 1 aliphatic heterocycles. The van der Waals surface area contributed by atoms with Gasteiger partial charge in [-0.05, 0) is 19.1 Å². The number of rotatable bonds is 4.